The van der Waals surface area contributed by atoms with Crippen LogP contribution in [0, 0.1) is 5.41 Å². The lowest BCUT2D eigenvalue weighted by Gasteiger charge is -2.29. The van der Waals surface area contributed by atoms with Crippen LogP contribution in [0.15, 0.2) is 30.6 Å². The maximum Gasteiger partial charge on any atom is 0.293 e. The fraction of sp³-hybridized carbons (Fsp3) is 0.520. The number of piperidine rings is 1. The third kappa shape index (κ3) is 9.90. The quantitative estimate of drug-likeness (QED) is 0.341. The summed E-state index contributed by atoms with van der Waals surface area (Å²) in [6, 6.07) is 7.93. The molecule has 1 saturated heterocycles. The minimum absolute atomic E-state index is 0.0301. The van der Waals surface area contributed by atoms with E-state index in [4.69, 9.17) is 10.1 Å². The number of hydrogen-bond donors (Lipinski definition) is 2. The van der Waals surface area contributed by atoms with E-state index >= 15 is 0 Å². The third-order valence-corrected chi connectivity index (χ3v) is 6.31. The van der Waals surface area contributed by atoms with Crippen LogP contribution in [0.3, 0.4) is 0 Å². The number of hydrogen-bond acceptors (Lipinski definition) is 10. The molecule has 0 amide bonds. The molecule has 10 nitrogen and oxygen atoms in total. The van der Waals surface area contributed by atoms with Gasteiger partial charge < -0.3 is 30.0 Å². The monoisotopic (exact) mass is 518 g/mol. The molecule has 0 spiro atoms. The van der Waals surface area contributed by atoms with Crippen molar-refractivity contribution in [3.63, 3.8) is 0 Å². The number of aromatic nitrogens is 2. The molecule has 2 N–H and O–H groups in total. The predicted octanol–water partition coefficient (Wildman–Crippen LogP) is 3.07. The highest BCUT2D eigenvalue weighted by Gasteiger charge is 2.21. The molecule has 11 heteroatoms. The van der Waals surface area contributed by atoms with Gasteiger partial charge in [0.2, 0.25) is 5.88 Å². The summed E-state index contributed by atoms with van der Waals surface area (Å²) in [5, 5.41) is 11.1. The smallest absolute Gasteiger partial charge is 0.293 e. The molecule has 36 heavy (non-hydrogen) atoms. The number of nitrogens with zero attached hydrogens (tertiary/aromatic N) is 4. The maximum absolute atomic E-state index is 11.3. The lowest BCUT2D eigenvalue weighted by Crippen LogP contribution is -2.36. The molecule has 2 heterocycles. The zero-order chi connectivity index (χ0) is 26.5. The number of rotatable bonds is 11. The SMILES string of the molecule is CC(C)OC=O.CN1CCC(Oc2ncnc(Nc3ccc(N(C)CCS(C)=O)cc3)c2C=N)CC1. The summed E-state index contributed by atoms with van der Waals surface area (Å²) >= 11 is 0. The molecular weight excluding hydrogens is 480 g/mol. The molecule has 1 aromatic carbocycles. The van der Waals surface area contributed by atoms with Gasteiger partial charge in [-0.2, -0.15) is 0 Å². The van der Waals surface area contributed by atoms with E-state index in [1.54, 1.807) is 20.1 Å². The standard InChI is InChI=1S/C21H30N6O2S.C4H8O2/c1-26-10-8-18(9-11-26)29-21-19(14-22)20(23-15-24-21)25-16-4-6-17(7-5-16)27(2)12-13-30(3)28;1-4(2)6-3-5/h4-7,14-15,18,22H,8-13H2,1-3H3,(H,23,24,25);3-4H,1-2H3. The molecule has 1 atom stereocenters. The van der Waals surface area contributed by atoms with Crippen LogP contribution in [0.4, 0.5) is 17.2 Å². The highest BCUT2D eigenvalue weighted by molar-refractivity contribution is 7.84. The van der Waals surface area contributed by atoms with Crippen molar-refractivity contribution in [2.75, 3.05) is 56.0 Å². The number of benzene rings is 1. The van der Waals surface area contributed by atoms with Crippen molar-refractivity contribution < 1.29 is 18.5 Å². The van der Waals surface area contributed by atoms with Gasteiger partial charge in [0.05, 0.1) is 11.7 Å². The van der Waals surface area contributed by atoms with Gasteiger partial charge in [-0.3, -0.25) is 9.00 Å². The third-order valence-electron chi connectivity index (χ3n) is 5.55. The minimum Gasteiger partial charge on any atom is -0.474 e. The summed E-state index contributed by atoms with van der Waals surface area (Å²) in [4.78, 5) is 22.3. The molecule has 1 aromatic heterocycles. The van der Waals surface area contributed by atoms with Crippen molar-refractivity contribution in [2.45, 2.75) is 38.9 Å². The van der Waals surface area contributed by atoms with Gasteiger partial charge in [0.15, 0.2) is 0 Å². The van der Waals surface area contributed by atoms with Crippen LogP contribution in [0.2, 0.25) is 0 Å². The Bertz CT molecular complexity index is 981. The van der Waals surface area contributed by atoms with Crippen LogP contribution < -0.4 is 15.0 Å². The highest BCUT2D eigenvalue weighted by atomic mass is 32.2. The molecule has 0 saturated carbocycles. The zero-order valence-corrected chi connectivity index (χ0v) is 22.6. The molecule has 0 radical (unpaired) electrons. The van der Waals surface area contributed by atoms with Gasteiger partial charge in [0, 0.05) is 67.1 Å². The molecule has 1 unspecified atom stereocenters. The first-order valence-electron chi connectivity index (χ1n) is 11.9. The Morgan fingerprint density at radius 3 is 2.44 bits per heavy atom. The van der Waals surface area contributed by atoms with Crippen molar-refractivity contribution in [3.05, 3.63) is 36.2 Å². The second-order valence-corrected chi connectivity index (χ2v) is 10.4. The second kappa shape index (κ2) is 15.1. The Kier molecular flexibility index (Phi) is 12.3. The Hall–Kier alpha value is -3.05. The van der Waals surface area contributed by atoms with E-state index in [0.29, 0.717) is 29.5 Å². The van der Waals surface area contributed by atoms with Gasteiger partial charge >= 0.3 is 0 Å². The summed E-state index contributed by atoms with van der Waals surface area (Å²) in [5.74, 6) is 1.63. The lowest BCUT2D eigenvalue weighted by molar-refractivity contribution is -0.131. The normalized spacial score (nSPS) is 14.8. The van der Waals surface area contributed by atoms with Crippen molar-refractivity contribution >= 4 is 40.7 Å². The average molecular weight is 519 g/mol. The molecular formula is C25H38N6O4S. The zero-order valence-electron chi connectivity index (χ0n) is 21.8. The van der Waals surface area contributed by atoms with Gasteiger partial charge in [-0.15, -0.1) is 0 Å². The second-order valence-electron chi connectivity index (χ2n) is 8.86. The van der Waals surface area contributed by atoms with Gasteiger partial charge in [-0.05, 0) is 58.0 Å². The van der Waals surface area contributed by atoms with Gasteiger partial charge in [-0.1, -0.05) is 0 Å². The molecule has 3 rings (SSSR count). The van der Waals surface area contributed by atoms with Crippen LogP contribution in [0.1, 0.15) is 32.3 Å². The number of carbonyl (C=O) groups is 1. The molecule has 1 aliphatic heterocycles. The number of anilines is 3. The number of likely N-dealkylation sites (tertiary alicyclic amines) is 1. The number of carbonyl (C=O) groups excluding carboxylic acids is 1. The Morgan fingerprint density at radius 2 is 1.92 bits per heavy atom. The van der Waals surface area contributed by atoms with Crippen molar-refractivity contribution in [2.24, 2.45) is 0 Å². The summed E-state index contributed by atoms with van der Waals surface area (Å²) in [6.07, 6.45) is 6.45. The molecule has 198 valence electrons. The van der Waals surface area contributed by atoms with Crippen molar-refractivity contribution in [3.8, 4) is 5.88 Å². The van der Waals surface area contributed by atoms with E-state index in [2.05, 4.69) is 36.9 Å². The molecule has 0 bridgehead atoms. The van der Waals surface area contributed by atoms with Crippen molar-refractivity contribution in [1.82, 2.24) is 14.9 Å². The van der Waals surface area contributed by atoms with Crippen LogP contribution in [0.5, 0.6) is 5.88 Å². The largest absolute Gasteiger partial charge is 0.474 e. The summed E-state index contributed by atoms with van der Waals surface area (Å²) < 4.78 is 21.8. The van der Waals surface area contributed by atoms with E-state index in [-0.39, 0.29) is 12.2 Å². The summed E-state index contributed by atoms with van der Waals surface area (Å²) in [6.45, 7) is 6.77. The Labute approximate surface area is 216 Å². The minimum atomic E-state index is -0.805. The molecule has 0 aliphatic carbocycles. The topological polar surface area (TPSA) is 121 Å². The molecule has 1 aliphatic rings. The molecule has 2 aromatic rings. The average Bonchev–Trinajstić information content (AvgIpc) is 2.85. The Balaban J connectivity index is 0.000000678. The first-order chi connectivity index (χ1) is 17.2. The maximum atomic E-state index is 11.3. The number of nitrogens with one attached hydrogen (secondary N) is 2. The lowest BCUT2D eigenvalue weighted by atomic mass is 10.1. The summed E-state index contributed by atoms with van der Waals surface area (Å²) in [5.41, 5.74) is 2.45. The van der Waals surface area contributed by atoms with Crippen LogP contribution in [-0.4, -0.2) is 89.7 Å². The number of ether oxygens (including phenoxy) is 2. The molecule has 1 fully saturated rings. The fourth-order valence-corrected chi connectivity index (χ4v) is 3.94. The first kappa shape index (κ1) is 29.2. The van der Waals surface area contributed by atoms with Gasteiger partial charge in [0.25, 0.3) is 6.47 Å². The predicted molar refractivity (Wildman–Crippen MR) is 145 cm³/mol. The van der Waals surface area contributed by atoms with E-state index in [1.807, 2.05) is 31.3 Å². The van der Waals surface area contributed by atoms with E-state index in [0.717, 1.165) is 43.9 Å². The van der Waals surface area contributed by atoms with E-state index in [1.165, 1.54) is 12.5 Å². The highest BCUT2D eigenvalue weighted by Crippen LogP contribution is 2.26. The Morgan fingerprint density at radius 1 is 1.25 bits per heavy atom. The van der Waals surface area contributed by atoms with Crippen LogP contribution in [-0.2, 0) is 20.3 Å². The van der Waals surface area contributed by atoms with Gasteiger partial charge in [-0.25, -0.2) is 9.97 Å². The summed E-state index contributed by atoms with van der Waals surface area (Å²) in [7, 11) is 3.29. The van der Waals surface area contributed by atoms with Crippen LogP contribution >= 0.6 is 0 Å². The first-order valence-corrected chi connectivity index (χ1v) is 13.6. The van der Waals surface area contributed by atoms with E-state index < -0.39 is 10.8 Å². The van der Waals surface area contributed by atoms with Crippen LogP contribution in [0.25, 0.3) is 0 Å². The van der Waals surface area contributed by atoms with Gasteiger partial charge in [0.1, 0.15) is 18.2 Å². The fourth-order valence-electron chi connectivity index (χ4n) is 3.41. The van der Waals surface area contributed by atoms with Crippen molar-refractivity contribution in [1.29, 1.82) is 5.41 Å². The van der Waals surface area contributed by atoms with E-state index in [9.17, 15) is 9.00 Å².